The van der Waals surface area contributed by atoms with Gasteiger partial charge in [-0.15, -0.1) is 0 Å². The smallest absolute Gasteiger partial charge is 0.220 e. The van der Waals surface area contributed by atoms with Crippen LogP contribution >= 0.6 is 11.8 Å². The van der Waals surface area contributed by atoms with E-state index in [9.17, 15) is 4.79 Å². The molecule has 0 aromatic heterocycles. The summed E-state index contributed by atoms with van der Waals surface area (Å²) in [6.07, 6.45) is 4.59. The summed E-state index contributed by atoms with van der Waals surface area (Å²) in [5, 5.41) is 0. The van der Waals surface area contributed by atoms with Crippen molar-refractivity contribution >= 4 is 17.7 Å². The molecule has 0 aliphatic carbocycles. The Morgan fingerprint density at radius 1 is 1.13 bits per heavy atom. The molecule has 2 rings (SSSR count). The van der Waals surface area contributed by atoms with Crippen LogP contribution in [0.2, 0.25) is 0 Å². The molecule has 2 aliphatic rings. The first-order valence-corrected chi connectivity index (χ1v) is 7.04. The van der Waals surface area contributed by atoms with Gasteiger partial charge in [0.2, 0.25) is 5.91 Å². The minimum atomic E-state index is -0.103. The Bertz CT molecular complexity index is 221. The molecule has 0 aromatic carbocycles. The minimum Gasteiger partial charge on any atom is -0.369 e. The Balaban J connectivity index is 1.79. The second-order valence-electron chi connectivity index (χ2n) is 4.56. The third-order valence-electron chi connectivity index (χ3n) is 3.64. The summed E-state index contributed by atoms with van der Waals surface area (Å²) in [5.74, 6) is 2.65. The van der Waals surface area contributed by atoms with Crippen LogP contribution in [0, 0.1) is 5.92 Å². The fourth-order valence-electron chi connectivity index (χ4n) is 2.60. The topological polar surface area (TPSA) is 46.3 Å². The Morgan fingerprint density at radius 3 is 2.27 bits per heavy atom. The van der Waals surface area contributed by atoms with Crippen LogP contribution in [-0.4, -0.2) is 41.4 Å². The van der Waals surface area contributed by atoms with Gasteiger partial charge in [0.25, 0.3) is 0 Å². The largest absolute Gasteiger partial charge is 0.369 e. The van der Waals surface area contributed by atoms with E-state index in [0.29, 0.717) is 0 Å². The predicted octanol–water partition coefficient (Wildman–Crippen LogP) is 1.08. The van der Waals surface area contributed by atoms with Crippen molar-refractivity contribution in [1.29, 1.82) is 0 Å². The summed E-state index contributed by atoms with van der Waals surface area (Å²) >= 11 is 2.07. The molecule has 0 aromatic rings. The van der Waals surface area contributed by atoms with E-state index in [4.69, 9.17) is 5.73 Å². The molecular formula is C11H20N2OS. The van der Waals surface area contributed by atoms with Gasteiger partial charge in [0.15, 0.2) is 0 Å². The zero-order chi connectivity index (χ0) is 10.7. The summed E-state index contributed by atoms with van der Waals surface area (Å²) in [6, 6.07) is 0.778. The molecule has 0 saturated carbocycles. The second-order valence-corrected chi connectivity index (χ2v) is 5.78. The number of nitrogens with two attached hydrogens (primary N) is 1. The predicted molar refractivity (Wildman–Crippen MR) is 63.8 cm³/mol. The lowest BCUT2D eigenvalue weighted by atomic mass is 9.94. The second kappa shape index (κ2) is 5.21. The first-order valence-electron chi connectivity index (χ1n) is 5.88. The van der Waals surface area contributed by atoms with Gasteiger partial charge >= 0.3 is 0 Å². The third kappa shape index (κ3) is 2.88. The maximum atomic E-state index is 11.0. The fourth-order valence-corrected chi connectivity index (χ4v) is 3.68. The molecule has 1 amide bonds. The number of hydrogen-bond acceptors (Lipinski definition) is 3. The molecule has 3 nitrogen and oxygen atoms in total. The highest BCUT2D eigenvalue weighted by molar-refractivity contribution is 7.99. The number of piperidine rings is 1. The van der Waals surface area contributed by atoms with Crippen molar-refractivity contribution in [3.05, 3.63) is 0 Å². The average Bonchev–Trinajstić information content (AvgIpc) is 2.30. The van der Waals surface area contributed by atoms with Crippen molar-refractivity contribution in [1.82, 2.24) is 4.90 Å². The van der Waals surface area contributed by atoms with Gasteiger partial charge in [-0.1, -0.05) is 0 Å². The zero-order valence-electron chi connectivity index (χ0n) is 9.15. The molecule has 4 heteroatoms. The van der Waals surface area contributed by atoms with Gasteiger partial charge < -0.3 is 10.6 Å². The first kappa shape index (κ1) is 11.3. The van der Waals surface area contributed by atoms with Gasteiger partial charge in [-0.3, -0.25) is 4.79 Å². The lowest BCUT2D eigenvalue weighted by Crippen LogP contribution is -2.45. The van der Waals surface area contributed by atoms with E-state index in [-0.39, 0.29) is 11.8 Å². The number of carbonyl (C=O) groups is 1. The first-order chi connectivity index (χ1) is 7.27. The van der Waals surface area contributed by atoms with Crippen molar-refractivity contribution in [2.24, 2.45) is 11.7 Å². The van der Waals surface area contributed by atoms with Crippen LogP contribution in [0.3, 0.4) is 0 Å². The van der Waals surface area contributed by atoms with Crippen molar-refractivity contribution in [3.8, 4) is 0 Å². The normalized spacial score (nSPS) is 26.7. The number of carbonyl (C=O) groups excluding carboxylic acids is 1. The molecule has 2 aliphatic heterocycles. The number of likely N-dealkylation sites (tertiary alicyclic amines) is 1. The van der Waals surface area contributed by atoms with Crippen LogP contribution in [0.15, 0.2) is 0 Å². The lowest BCUT2D eigenvalue weighted by molar-refractivity contribution is -0.123. The van der Waals surface area contributed by atoms with Crippen LogP contribution in [-0.2, 0) is 4.79 Å². The molecule has 0 spiro atoms. The van der Waals surface area contributed by atoms with Gasteiger partial charge in [-0.25, -0.2) is 0 Å². The van der Waals surface area contributed by atoms with Crippen LogP contribution in [0.5, 0.6) is 0 Å². The van der Waals surface area contributed by atoms with Gasteiger partial charge in [0.1, 0.15) is 0 Å². The average molecular weight is 228 g/mol. The molecule has 2 N–H and O–H groups in total. The Morgan fingerprint density at radius 2 is 1.73 bits per heavy atom. The highest BCUT2D eigenvalue weighted by atomic mass is 32.2. The Kier molecular flexibility index (Phi) is 3.92. The molecule has 0 bridgehead atoms. The summed E-state index contributed by atoms with van der Waals surface area (Å²) < 4.78 is 0. The van der Waals surface area contributed by atoms with Gasteiger partial charge in [-0.05, 0) is 50.3 Å². The summed E-state index contributed by atoms with van der Waals surface area (Å²) in [7, 11) is 0. The van der Waals surface area contributed by atoms with Crippen LogP contribution < -0.4 is 5.73 Å². The number of rotatable bonds is 2. The number of primary amides is 1. The number of nitrogens with zero attached hydrogens (tertiary/aromatic N) is 1. The third-order valence-corrected chi connectivity index (χ3v) is 4.69. The molecule has 2 saturated heterocycles. The highest BCUT2D eigenvalue weighted by Gasteiger charge is 2.28. The Hall–Kier alpha value is -0.220. The van der Waals surface area contributed by atoms with Crippen molar-refractivity contribution in [3.63, 3.8) is 0 Å². The molecule has 0 atom stereocenters. The number of hydrogen-bond donors (Lipinski definition) is 1. The lowest BCUT2D eigenvalue weighted by Gasteiger charge is -2.38. The van der Waals surface area contributed by atoms with Crippen LogP contribution in [0.25, 0.3) is 0 Å². The standard InChI is InChI=1S/C11H20N2OS/c12-11(14)9-1-5-13(6-2-9)10-3-7-15-8-4-10/h9-10H,1-8H2,(H2,12,14). The van der Waals surface area contributed by atoms with E-state index in [1.807, 2.05) is 0 Å². The van der Waals surface area contributed by atoms with E-state index >= 15 is 0 Å². The highest BCUT2D eigenvalue weighted by Crippen LogP contribution is 2.26. The summed E-state index contributed by atoms with van der Waals surface area (Å²) in [6.45, 7) is 2.14. The maximum absolute atomic E-state index is 11.0. The van der Waals surface area contributed by atoms with Gasteiger partial charge in [0, 0.05) is 12.0 Å². The van der Waals surface area contributed by atoms with E-state index in [0.717, 1.165) is 32.0 Å². The summed E-state index contributed by atoms with van der Waals surface area (Å²) in [4.78, 5) is 13.6. The minimum absolute atomic E-state index is 0.103. The van der Waals surface area contributed by atoms with Crippen molar-refractivity contribution < 1.29 is 4.79 Å². The molecule has 2 heterocycles. The van der Waals surface area contributed by atoms with E-state index in [1.165, 1.54) is 24.3 Å². The van der Waals surface area contributed by atoms with E-state index < -0.39 is 0 Å². The van der Waals surface area contributed by atoms with Crippen molar-refractivity contribution in [2.75, 3.05) is 24.6 Å². The fraction of sp³-hybridized carbons (Fsp3) is 0.909. The molecule has 2 fully saturated rings. The quantitative estimate of drug-likeness (QED) is 0.769. The van der Waals surface area contributed by atoms with Gasteiger partial charge in [-0.2, -0.15) is 11.8 Å². The summed E-state index contributed by atoms with van der Waals surface area (Å²) in [5.41, 5.74) is 5.33. The number of amides is 1. The number of thioether (sulfide) groups is 1. The van der Waals surface area contributed by atoms with Crippen LogP contribution in [0.4, 0.5) is 0 Å². The zero-order valence-corrected chi connectivity index (χ0v) is 9.97. The maximum Gasteiger partial charge on any atom is 0.220 e. The molecule has 15 heavy (non-hydrogen) atoms. The Labute approximate surface area is 95.8 Å². The van der Waals surface area contributed by atoms with E-state index in [1.54, 1.807) is 0 Å². The van der Waals surface area contributed by atoms with Crippen LogP contribution in [0.1, 0.15) is 25.7 Å². The molecule has 86 valence electrons. The molecular weight excluding hydrogens is 208 g/mol. The SMILES string of the molecule is NC(=O)C1CCN(C2CCSCC2)CC1. The van der Waals surface area contributed by atoms with Gasteiger partial charge in [0.05, 0.1) is 0 Å². The van der Waals surface area contributed by atoms with Crippen molar-refractivity contribution in [2.45, 2.75) is 31.7 Å². The van der Waals surface area contributed by atoms with E-state index in [2.05, 4.69) is 16.7 Å². The molecule has 0 radical (unpaired) electrons. The molecule has 0 unspecified atom stereocenters. The monoisotopic (exact) mass is 228 g/mol.